The molecule has 0 radical (unpaired) electrons. The van der Waals surface area contributed by atoms with E-state index in [2.05, 4.69) is 5.32 Å². The van der Waals surface area contributed by atoms with Crippen molar-refractivity contribution in [3.8, 4) is 5.75 Å². The molecule has 1 aliphatic carbocycles. The van der Waals surface area contributed by atoms with Gasteiger partial charge in [0, 0.05) is 34.6 Å². The Balaban J connectivity index is 1.65. The number of rotatable bonds is 10. The SMILES string of the molecule is Cc1cccc(OCC(=O)N(Cc2c(Cl)cccc2Cl)C(Cc2ccccc2)C(=O)NC2CCCC2)c1. The Labute approximate surface area is 228 Å². The monoisotopic (exact) mass is 538 g/mol. The molecule has 1 N–H and O–H groups in total. The predicted octanol–water partition coefficient (Wildman–Crippen LogP) is 6.38. The maximum atomic E-state index is 13.7. The van der Waals surface area contributed by atoms with E-state index in [4.69, 9.17) is 27.9 Å². The predicted molar refractivity (Wildman–Crippen MR) is 148 cm³/mol. The van der Waals surface area contributed by atoms with Crippen molar-refractivity contribution in [3.63, 3.8) is 0 Å². The van der Waals surface area contributed by atoms with E-state index in [1.165, 1.54) is 0 Å². The third-order valence-corrected chi connectivity index (χ3v) is 7.42. The van der Waals surface area contributed by atoms with Crippen molar-refractivity contribution in [2.45, 2.75) is 57.7 Å². The van der Waals surface area contributed by atoms with Gasteiger partial charge in [0.05, 0.1) is 0 Å². The van der Waals surface area contributed by atoms with Crippen molar-refractivity contribution in [3.05, 3.63) is 99.5 Å². The number of nitrogens with one attached hydrogen (secondary N) is 1. The fraction of sp³-hybridized carbons (Fsp3) is 0.333. The van der Waals surface area contributed by atoms with Gasteiger partial charge in [0.1, 0.15) is 11.8 Å². The second-order valence-corrected chi connectivity index (χ2v) is 10.3. The van der Waals surface area contributed by atoms with Gasteiger partial charge in [0.15, 0.2) is 6.61 Å². The molecule has 1 saturated carbocycles. The average molecular weight is 540 g/mol. The first-order chi connectivity index (χ1) is 17.9. The molecule has 1 fully saturated rings. The summed E-state index contributed by atoms with van der Waals surface area (Å²) in [5.41, 5.74) is 2.58. The van der Waals surface area contributed by atoms with Crippen LogP contribution in [0.15, 0.2) is 72.8 Å². The van der Waals surface area contributed by atoms with Crippen LogP contribution in [0, 0.1) is 6.92 Å². The molecule has 7 heteroatoms. The first-order valence-corrected chi connectivity index (χ1v) is 13.4. The molecule has 1 aliphatic rings. The number of amides is 2. The lowest BCUT2D eigenvalue weighted by molar-refractivity contribution is -0.143. The van der Waals surface area contributed by atoms with Gasteiger partial charge in [-0.05, 0) is 55.2 Å². The minimum atomic E-state index is -0.760. The van der Waals surface area contributed by atoms with Crippen LogP contribution in [0.1, 0.15) is 42.4 Å². The van der Waals surface area contributed by atoms with Gasteiger partial charge in [-0.3, -0.25) is 9.59 Å². The molecule has 1 atom stereocenters. The summed E-state index contributed by atoms with van der Waals surface area (Å²) in [7, 11) is 0. The lowest BCUT2D eigenvalue weighted by Gasteiger charge is -2.32. The van der Waals surface area contributed by atoms with E-state index in [1.807, 2.05) is 61.5 Å². The number of carbonyl (C=O) groups is 2. The Kier molecular flexibility index (Phi) is 9.48. The fourth-order valence-corrected chi connectivity index (χ4v) is 5.23. The summed E-state index contributed by atoms with van der Waals surface area (Å²) in [5, 5.41) is 4.08. The van der Waals surface area contributed by atoms with E-state index in [0.29, 0.717) is 27.8 Å². The highest BCUT2D eigenvalue weighted by molar-refractivity contribution is 6.36. The third kappa shape index (κ3) is 7.50. The Morgan fingerprint density at radius 3 is 2.32 bits per heavy atom. The van der Waals surface area contributed by atoms with E-state index in [1.54, 1.807) is 23.1 Å². The summed E-state index contributed by atoms with van der Waals surface area (Å²) < 4.78 is 5.85. The molecule has 37 heavy (non-hydrogen) atoms. The number of benzene rings is 3. The van der Waals surface area contributed by atoms with Crippen molar-refractivity contribution in [2.24, 2.45) is 0 Å². The van der Waals surface area contributed by atoms with Gasteiger partial charge in [0.25, 0.3) is 5.91 Å². The highest BCUT2D eigenvalue weighted by atomic mass is 35.5. The molecule has 0 spiro atoms. The molecule has 1 unspecified atom stereocenters. The molecular formula is C30H32Cl2N2O3. The number of carbonyl (C=O) groups excluding carboxylic acids is 2. The Bertz CT molecular complexity index is 1190. The fourth-order valence-electron chi connectivity index (χ4n) is 4.71. The van der Waals surface area contributed by atoms with Crippen LogP contribution in [0.25, 0.3) is 0 Å². The second kappa shape index (κ2) is 13.0. The molecule has 3 aromatic carbocycles. The van der Waals surface area contributed by atoms with Crippen LogP contribution in [0.5, 0.6) is 5.75 Å². The van der Waals surface area contributed by atoms with Crippen molar-refractivity contribution >= 4 is 35.0 Å². The minimum absolute atomic E-state index is 0.0874. The van der Waals surface area contributed by atoms with E-state index in [0.717, 1.165) is 36.8 Å². The van der Waals surface area contributed by atoms with Crippen molar-refractivity contribution in [1.29, 1.82) is 0 Å². The quantitative estimate of drug-likeness (QED) is 0.325. The highest BCUT2D eigenvalue weighted by Gasteiger charge is 2.33. The summed E-state index contributed by atoms with van der Waals surface area (Å²) >= 11 is 13.0. The van der Waals surface area contributed by atoms with Crippen molar-refractivity contribution < 1.29 is 14.3 Å². The topological polar surface area (TPSA) is 58.6 Å². The van der Waals surface area contributed by atoms with Crippen molar-refractivity contribution in [2.75, 3.05) is 6.61 Å². The zero-order valence-electron chi connectivity index (χ0n) is 21.0. The van der Waals surface area contributed by atoms with Crippen LogP contribution >= 0.6 is 23.2 Å². The summed E-state index contributed by atoms with van der Waals surface area (Å²) in [6.07, 6.45) is 4.44. The summed E-state index contributed by atoms with van der Waals surface area (Å²) in [4.78, 5) is 29.0. The Morgan fingerprint density at radius 2 is 1.65 bits per heavy atom. The summed E-state index contributed by atoms with van der Waals surface area (Å²) in [6, 6.07) is 21.8. The van der Waals surface area contributed by atoms with Crippen LogP contribution in [-0.2, 0) is 22.6 Å². The molecule has 0 heterocycles. The smallest absolute Gasteiger partial charge is 0.261 e. The molecule has 5 nitrogen and oxygen atoms in total. The summed E-state index contributed by atoms with van der Waals surface area (Å²) in [6.45, 7) is 1.83. The zero-order chi connectivity index (χ0) is 26.2. The van der Waals surface area contributed by atoms with Gasteiger partial charge in [-0.2, -0.15) is 0 Å². The van der Waals surface area contributed by atoms with Crippen LogP contribution in [0.3, 0.4) is 0 Å². The maximum Gasteiger partial charge on any atom is 0.261 e. The lowest BCUT2D eigenvalue weighted by Crippen LogP contribution is -2.53. The summed E-state index contributed by atoms with van der Waals surface area (Å²) in [5.74, 6) is 0.0990. The average Bonchev–Trinajstić information content (AvgIpc) is 3.40. The van der Waals surface area contributed by atoms with Gasteiger partial charge in [0.2, 0.25) is 5.91 Å². The second-order valence-electron chi connectivity index (χ2n) is 9.52. The Morgan fingerprint density at radius 1 is 0.973 bits per heavy atom. The standard InChI is InChI=1S/C30H32Cl2N2O3/c1-21-9-7-14-24(17-21)37-20-29(35)34(19-25-26(31)15-8-16-27(25)32)28(18-22-10-3-2-4-11-22)30(36)33-23-12-5-6-13-23/h2-4,7-11,14-17,23,28H,5-6,12-13,18-20H2,1H3,(H,33,36). The van der Waals surface area contributed by atoms with Crippen LogP contribution in [0.4, 0.5) is 0 Å². The largest absolute Gasteiger partial charge is 0.484 e. The molecule has 3 aromatic rings. The third-order valence-electron chi connectivity index (χ3n) is 6.71. The number of aryl methyl sites for hydroxylation is 1. The van der Waals surface area contributed by atoms with Gasteiger partial charge < -0.3 is 15.0 Å². The number of nitrogens with zero attached hydrogens (tertiary/aromatic N) is 1. The van der Waals surface area contributed by atoms with Crippen LogP contribution in [0.2, 0.25) is 10.0 Å². The number of hydrogen-bond acceptors (Lipinski definition) is 3. The van der Waals surface area contributed by atoms with Crippen LogP contribution < -0.4 is 10.1 Å². The normalized spacial score (nSPS) is 14.2. The van der Waals surface area contributed by atoms with Crippen LogP contribution in [-0.4, -0.2) is 35.4 Å². The molecule has 194 valence electrons. The van der Waals surface area contributed by atoms with Crippen molar-refractivity contribution in [1.82, 2.24) is 10.2 Å². The van der Waals surface area contributed by atoms with Gasteiger partial charge in [-0.25, -0.2) is 0 Å². The first-order valence-electron chi connectivity index (χ1n) is 12.7. The van der Waals surface area contributed by atoms with E-state index < -0.39 is 6.04 Å². The Hall–Kier alpha value is -3.02. The number of ether oxygens (including phenoxy) is 1. The van der Waals surface area contributed by atoms with E-state index in [-0.39, 0.29) is 31.0 Å². The van der Waals surface area contributed by atoms with Gasteiger partial charge in [-0.1, -0.05) is 84.6 Å². The molecule has 4 rings (SSSR count). The van der Waals surface area contributed by atoms with Gasteiger partial charge in [-0.15, -0.1) is 0 Å². The van der Waals surface area contributed by atoms with E-state index >= 15 is 0 Å². The molecule has 0 aromatic heterocycles. The van der Waals surface area contributed by atoms with Gasteiger partial charge >= 0.3 is 0 Å². The molecule has 0 aliphatic heterocycles. The first kappa shape index (κ1) is 27.0. The minimum Gasteiger partial charge on any atom is -0.484 e. The molecule has 0 saturated heterocycles. The zero-order valence-corrected chi connectivity index (χ0v) is 22.5. The highest BCUT2D eigenvalue weighted by Crippen LogP contribution is 2.28. The molecule has 2 amide bonds. The molecule has 0 bridgehead atoms. The number of hydrogen-bond donors (Lipinski definition) is 1. The molecular weight excluding hydrogens is 507 g/mol. The maximum absolute atomic E-state index is 13.7. The van der Waals surface area contributed by atoms with E-state index in [9.17, 15) is 9.59 Å². The number of halogens is 2. The lowest BCUT2D eigenvalue weighted by atomic mass is 10.0.